The highest BCUT2D eigenvalue weighted by atomic mass is 35.5. The van der Waals surface area contributed by atoms with Crippen molar-refractivity contribution >= 4 is 11.6 Å². The van der Waals surface area contributed by atoms with Crippen molar-refractivity contribution in [1.29, 1.82) is 0 Å². The fraction of sp³-hybridized carbons (Fsp3) is 0.727. The molecule has 1 fully saturated rings. The van der Waals surface area contributed by atoms with Crippen LogP contribution in [-0.4, -0.2) is 16.3 Å². The Morgan fingerprint density at radius 2 is 2.13 bits per heavy atom. The summed E-state index contributed by atoms with van der Waals surface area (Å²) in [6.45, 7) is 0.635. The van der Waals surface area contributed by atoms with E-state index in [-0.39, 0.29) is 0 Å². The SMILES string of the molecule is NCCc1cnn(C2CCCCC2)c1Cl. The van der Waals surface area contributed by atoms with Crippen LogP contribution in [-0.2, 0) is 6.42 Å². The molecule has 0 radical (unpaired) electrons. The Labute approximate surface area is 95.6 Å². The van der Waals surface area contributed by atoms with Gasteiger partial charge in [-0.15, -0.1) is 0 Å². The van der Waals surface area contributed by atoms with Crippen molar-refractivity contribution in [3.05, 3.63) is 16.9 Å². The van der Waals surface area contributed by atoms with Crippen LogP contribution >= 0.6 is 11.6 Å². The van der Waals surface area contributed by atoms with Crippen LogP contribution in [0.5, 0.6) is 0 Å². The summed E-state index contributed by atoms with van der Waals surface area (Å²) in [6, 6.07) is 0.512. The fourth-order valence-electron chi connectivity index (χ4n) is 2.29. The molecule has 1 aliphatic rings. The lowest BCUT2D eigenvalue weighted by molar-refractivity contribution is 0.330. The van der Waals surface area contributed by atoms with E-state index in [1.807, 2.05) is 10.9 Å². The van der Waals surface area contributed by atoms with Gasteiger partial charge in [0.25, 0.3) is 0 Å². The summed E-state index contributed by atoms with van der Waals surface area (Å²) in [4.78, 5) is 0. The lowest BCUT2D eigenvalue weighted by Gasteiger charge is -2.22. The van der Waals surface area contributed by atoms with Gasteiger partial charge in [0.15, 0.2) is 0 Å². The zero-order valence-electron chi connectivity index (χ0n) is 8.95. The first kappa shape index (κ1) is 11.0. The molecule has 0 saturated heterocycles. The van der Waals surface area contributed by atoms with Crippen molar-refractivity contribution in [3.8, 4) is 0 Å². The van der Waals surface area contributed by atoms with Crippen molar-refractivity contribution in [1.82, 2.24) is 9.78 Å². The first-order valence-electron chi connectivity index (χ1n) is 5.75. The number of nitrogens with zero attached hydrogens (tertiary/aromatic N) is 2. The maximum absolute atomic E-state index is 6.28. The molecule has 84 valence electrons. The van der Waals surface area contributed by atoms with E-state index < -0.39 is 0 Å². The lowest BCUT2D eigenvalue weighted by Crippen LogP contribution is -2.14. The molecule has 0 unspecified atom stereocenters. The second-order valence-electron chi connectivity index (χ2n) is 4.24. The van der Waals surface area contributed by atoms with Crippen LogP contribution in [0.15, 0.2) is 6.20 Å². The molecular formula is C11H18ClN3. The van der Waals surface area contributed by atoms with Crippen LogP contribution in [0.4, 0.5) is 0 Å². The van der Waals surface area contributed by atoms with Crippen LogP contribution in [0.25, 0.3) is 0 Å². The number of aromatic nitrogens is 2. The summed E-state index contributed by atoms with van der Waals surface area (Å²) in [5.41, 5.74) is 6.61. The van der Waals surface area contributed by atoms with Gasteiger partial charge in [-0.25, -0.2) is 0 Å². The monoisotopic (exact) mass is 227 g/mol. The third-order valence-electron chi connectivity index (χ3n) is 3.14. The predicted molar refractivity (Wildman–Crippen MR) is 62.1 cm³/mol. The Hall–Kier alpha value is -0.540. The molecule has 15 heavy (non-hydrogen) atoms. The molecule has 0 aliphatic heterocycles. The van der Waals surface area contributed by atoms with Gasteiger partial charge in [-0.1, -0.05) is 30.9 Å². The van der Waals surface area contributed by atoms with E-state index in [1.165, 1.54) is 32.1 Å². The summed E-state index contributed by atoms with van der Waals surface area (Å²) < 4.78 is 1.99. The third kappa shape index (κ3) is 2.34. The van der Waals surface area contributed by atoms with Crippen molar-refractivity contribution in [2.75, 3.05) is 6.54 Å². The molecule has 1 aromatic rings. The van der Waals surface area contributed by atoms with E-state index in [2.05, 4.69) is 5.10 Å². The molecule has 1 saturated carbocycles. The van der Waals surface area contributed by atoms with E-state index in [1.54, 1.807) is 0 Å². The average molecular weight is 228 g/mol. The van der Waals surface area contributed by atoms with Crippen LogP contribution < -0.4 is 5.73 Å². The number of rotatable bonds is 3. The summed E-state index contributed by atoms with van der Waals surface area (Å²) in [7, 11) is 0. The Balaban J connectivity index is 2.13. The Kier molecular flexibility index (Phi) is 3.65. The van der Waals surface area contributed by atoms with Crippen LogP contribution in [0.2, 0.25) is 5.15 Å². The van der Waals surface area contributed by atoms with E-state index >= 15 is 0 Å². The van der Waals surface area contributed by atoms with Gasteiger partial charge in [-0.05, 0) is 25.8 Å². The first-order chi connectivity index (χ1) is 7.33. The smallest absolute Gasteiger partial charge is 0.130 e. The highest BCUT2D eigenvalue weighted by Crippen LogP contribution is 2.31. The zero-order chi connectivity index (χ0) is 10.7. The Morgan fingerprint density at radius 3 is 2.80 bits per heavy atom. The summed E-state index contributed by atoms with van der Waals surface area (Å²) in [6.07, 6.45) is 9.06. The van der Waals surface area contributed by atoms with Gasteiger partial charge in [-0.2, -0.15) is 5.10 Å². The van der Waals surface area contributed by atoms with Gasteiger partial charge in [0, 0.05) is 5.56 Å². The second-order valence-corrected chi connectivity index (χ2v) is 4.59. The van der Waals surface area contributed by atoms with Crippen molar-refractivity contribution in [3.63, 3.8) is 0 Å². The molecule has 3 nitrogen and oxygen atoms in total. The van der Waals surface area contributed by atoms with Crippen LogP contribution in [0.1, 0.15) is 43.7 Å². The quantitative estimate of drug-likeness (QED) is 0.863. The number of halogens is 1. The fourth-order valence-corrected chi connectivity index (χ4v) is 2.61. The van der Waals surface area contributed by atoms with Gasteiger partial charge in [0.1, 0.15) is 5.15 Å². The molecular weight excluding hydrogens is 210 g/mol. The van der Waals surface area contributed by atoms with E-state index in [4.69, 9.17) is 17.3 Å². The maximum Gasteiger partial charge on any atom is 0.130 e. The first-order valence-corrected chi connectivity index (χ1v) is 6.12. The Bertz CT molecular complexity index is 316. The van der Waals surface area contributed by atoms with Crippen molar-refractivity contribution in [2.24, 2.45) is 5.73 Å². The summed E-state index contributed by atoms with van der Waals surface area (Å²) >= 11 is 6.28. The van der Waals surface area contributed by atoms with Gasteiger partial charge in [0.05, 0.1) is 12.2 Å². The van der Waals surface area contributed by atoms with E-state index in [0.29, 0.717) is 12.6 Å². The number of nitrogens with two attached hydrogens (primary N) is 1. The van der Waals surface area contributed by atoms with Crippen LogP contribution in [0.3, 0.4) is 0 Å². The van der Waals surface area contributed by atoms with Gasteiger partial charge < -0.3 is 5.73 Å². The molecule has 0 bridgehead atoms. The molecule has 0 amide bonds. The minimum Gasteiger partial charge on any atom is -0.330 e. The van der Waals surface area contributed by atoms with Gasteiger partial charge in [-0.3, -0.25) is 4.68 Å². The largest absolute Gasteiger partial charge is 0.330 e. The Morgan fingerprint density at radius 1 is 1.40 bits per heavy atom. The van der Waals surface area contributed by atoms with Crippen molar-refractivity contribution < 1.29 is 0 Å². The maximum atomic E-state index is 6.28. The van der Waals surface area contributed by atoms with Gasteiger partial charge in [0.2, 0.25) is 0 Å². The lowest BCUT2D eigenvalue weighted by atomic mass is 9.96. The van der Waals surface area contributed by atoms with Crippen LogP contribution in [0, 0.1) is 0 Å². The standard InChI is InChI=1S/C11H18ClN3/c12-11-9(6-7-13)8-14-15(11)10-4-2-1-3-5-10/h8,10H,1-7,13H2. The molecule has 2 rings (SSSR count). The molecule has 2 N–H and O–H groups in total. The number of hydrogen-bond donors (Lipinski definition) is 1. The normalized spacial score (nSPS) is 18.3. The van der Waals surface area contributed by atoms with Crippen molar-refractivity contribution in [2.45, 2.75) is 44.6 Å². The van der Waals surface area contributed by atoms with E-state index in [0.717, 1.165) is 17.1 Å². The summed E-state index contributed by atoms with van der Waals surface area (Å²) in [5.74, 6) is 0. The minimum absolute atomic E-state index is 0.512. The molecule has 0 atom stereocenters. The molecule has 1 heterocycles. The third-order valence-corrected chi connectivity index (χ3v) is 3.55. The highest BCUT2D eigenvalue weighted by Gasteiger charge is 2.19. The minimum atomic E-state index is 0.512. The molecule has 0 spiro atoms. The zero-order valence-corrected chi connectivity index (χ0v) is 9.71. The van der Waals surface area contributed by atoms with Gasteiger partial charge >= 0.3 is 0 Å². The molecule has 4 heteroatoms. The predicted octanol–water partition coefficient (Wildman–Crippen LogP) is 2.54. The second kappa shape index (κ2) is 4.99. The molecule has 1 aromatic heterocycles. The molecule has 1 aliphatic carbocycles. The number of hydrogen-bond acceptors (Lipinski definition) is 2. The topological polar surface area (TPSA) is 43.8 Å². The average Bonchev–Trinajstić information content (AvgIpc) is 2.63. The van der Waals surface area contributed by atoms with E-state index in [9.17, 15) is 0 Å². The highest BCUT2D eigenvalue weighted by molar-refractivity contribution is 6.30. The molecule has 0 aromatic carbocycles. The summed E-state index contributed by atoms with van der Waals surface area (Å²) in [5, 5.41) is 5.19.